The van der Waals surface area contributed by atoms with E-state index in [1.165, 1.54) is 36.1 Å². The molecule has 3 rings (SSSR count). The fourth-order valence-corrected chi connectivity index (χ4v) is 3.76. The lowest BCUT2D eigenvalue weighted by atomic mass is 9.99. The van der Waals surface area contributed by atoms with Gasteiger partial charge in [0.15, 0.2) is 0 Å². The van der Waals surface area contributed by atoms with Gasteiger partial charge in [0, 0.05) is 34.1 Å². The Hall–Kier alpha value is -1.13. The van der Waals surface area contributed by atoms with Crippen LogP contribution in [-0.4, -0.2) is 10.2 Å². The maximum Gasteiger partial charge on any atom is 0.0532 e. The third kappa shape index (κ3) is 2.49. The maximum atomic E-state index is 3.96. The first-order valence-corrected chi connectivity index (χ1v) is 7.47. The molecule has 0 amide bonds. The minimum absolute atomic E-state index is 0.426. The van der Waals surface area contributed by atoms with E-state index in [1.54, 1.807) is 10.4 Å². The van der Waals surface area contributed by atoms with Crippen LogP contribution < -0.4 is 5.32 Å². The summed E-state index contributed by atoms with van der Waals surface area (Å²) in [6.45, 7) is 3.12. The molecule has 0 aliphatic heterocycles. The fraction of sp³-hybridized carbons (Fsp3) is 0.500. The smallest absolute Gasteiger partial charge is 0.0532 e. The Morgan fingerprint density at radius 3 is 3.11 bits per heavy atom. The Morgan fingerprint density at radius 2 is 2.33 bits per heavy atom. The monoisotopic (exact) mass is 261 g/mol. The summed E-state index contributed by atoms with van der Waals surface area (Å²) in [4.78, 5) is 3.10. The molecular formula is C14H19N3S. The van der Waals surface area contributed by atoms with Gasteiger partial charge in [-0.15, -0.1) is 11.3 Å². The molecule has 18 heavy (non-hydrogen) atoms. The number of aromatic amines is 1. The van der Waals surface area contributed by atoms with Crippen LogP contribution in [0.3, 0.4) is 0 Å². The third-order valence-electron chi connectivity index (χ3n) is 3.61. The van der Waals surface area contributed by atoms with Gasteiger partial charge in [0.05, 0.1) is 6.20 Å². The van der Waals surface area contributed by atoms with Gasteiger partial charge >= 0.3 is 0 Å². The number of H-pyrrole nitrogens is 1. The zero-order valence-electron chi connectivity index (χ0n) is 10.7. The number of aryl methyl sites for hydroxylation is 2. The van der Waals surface area contributed by atoms with Crippen LogP contribution in [0.2, 0.25) is 0 Å². The van der Waals surface area contributed by atoms with E-state index in [2.05, 4.69) is 28.5 Å². The van der Waals surface area contributed by atoms with Gasteiger partial charge in [0.25, 0.3) is 0 Å². The summed E-state index contributed by atoms with van der Waals surface area (Å²) in [5, 5.41) is 10.4. The van der Waals surface area contributed by atoms with Gasteiger partial charge in [0.1, 0.15) is 0 Å². The molecule has 1 atom stereocenters. The molecule has 0 aromatic carbocycles. The van der Waals surface area contributed by atoms with Crippen LogP contribution in [0.15, 0.2) is 18.5 Å². The summed E-state index contributed by atoms with van der Waals surface area (Å²) in [7, 11) is 0. The molecule has 0 saturated heterocycles. The van der Waals surface area contributed by atoms with E-state index < -0.39 is 0 Å². The van der Waals surface area contributed by atoms with Gasteiger partial charge in [-0.3, -0.25) is 5.10 Å². The van der Waals surface area contributed by atoms with Crippen molar-refractivity contribution in [1.82, 2.24) is 15.5 Å². The van der Waals surface area contributed by atoms with E-state index in [4.69, 9.17) is 0 Å². The normalized spacial score (nSPS) is 16.5. The SMILES string of the molecule is CC(NCc1cn[nH]c1)c1cc2c(s1)CCCC2. The van der Waals surface area contributed by atoms with E-state index in [9.17, 15) is 0 Å². The topological polar surface area (TPSA) is 40.7 Å². The lowest BCUT2D eigenvalue weighted by Gasteiger charge is -2.10. The molecule has 2 aromatic rings. The zero-order chi connectivity index (χ0) is 12.4. The van der Waals surface area contributed by atoms with Crippen LogP contribution in [0.25, 0.3) is 0 Å². The number of nitrogens with zero attached hydrogens (tertiary/aromatic N) is 1. The van der Waals surface area contributed by atoms with Crippen molar-refractivity contribution < 1.29 is 0 Å². The molecule has 2 heterocycles. The number of hydrogen-bond acceptors (Lipinski definition) is 3. The Bertz CT molecular complexity index is 478. The predicted molar refractivity (Wildman–Crippen MR) is 74.8 cm³/mol. The average molecular weight is 261 g/mol. The summed E-state index contributed by atoms with van der Waals surface area (Å²) >= 11 is 1.99. The molecule has 0 saturated carbocycles. The van der Waals surface area contributed by atoms with Crippen LogP contribution in [0.5, 0.6) is 0 Å². The minimum Gasteiger partial charge on any atom is -0.305 e. The Kier molecular flexibility index (Phi) is 3.48. The van der Waals surface area contributed by atoms with E-state index >= 15 is 0 Å². The Labute approximate surface area is 112 Å². The first-order valence-electron chi connectivity index (χ1n) is 6.65. The molecule has 2 N–H and O–H groups in total. The van der Waals surface area contributed by atoms with Crippen molar-refractivity contribution in [3.05, 3.63) is 39.3 Å². The summed E-state index contributed by atoms with van der Waals surface area (Å²) in [5.41, 5.74) is 2.81. The molecule has 0 bridgehead atoms. The summed E-state index contributed by atoms with van der Waals surface area (Å²) in [6.07, 6.45) is 9.11. The van der Waals surface area contributed by atoms with Gasteiger partial charge in [-0.1, -0.05) is 0 Å². The van der Waals surface area contributed by atoms with Crippen LogP contribution in [0.1, 0.15) is 46.7 Å². The van der Waals surface area contributed by atoms with Gasteiger partial charge < -0.3 is 5.32 Å². The molecule has 0 radical (unpaired) electrons. The molecule has 1 aliphatic rings. The van der Waals surface area contributed by atoms with Gasteiger partial charge in [-0.2, -0.15) is 5.10 Å². The fourth-order valence-electron chi connectivity index (χ4n) is 2.47. The second-order valence-electron chi connectivity index (χ2n) is 5.01. The second-order valence-corrected chi connectivity index (χ2v) is 6.18. The molecule has 1 aliphatic carbocycles. The number of nitrogens with one attached hydrogen (secondary N) is 2. The van der Waals surface area contributed by atoms with Crippen molar-refractivity contribution >= 4 is 11.3 Å². The lowest BCUT2D eigenvalue weighted by Crippen LogP contribution is -2.16. The van der Waals surface area contributed by atoms with Crippen molar-refractivity contribution in [1.29, 1.82) is 0 Å². The summed E-state index contributed by atoms with van der Waals surface area (Å²) in [5.74, 6) is 0. The highest BCUT2D eigenvalue weighted by Crippen LogP contribution is 2.32. The highest BCUT2D eigenvalue weighted by molar-refractivity contribution is 7.12. The third-order valence-corrected chi connectivity index (χ3v) is 5.03. The number of aromatic nitrogens is 2. The van der Waals surface area contributed by atoms with Crippen LogP contribution in [-0.2, 0) is 19.4 Å². The molecule has 0 spiro atoms. The van der Waals surface area contributed by atoms with Crippen molar-refractivity contribution in [2.45, 2.75) is 45.2 Å². The van der Waals surface area contributed by atoms with Crippen molar-refractivity contribution in [3.8, 4) is 0 Å². The molecule has 2 aromatic heterocycles. The van der Waals surface area contributed by atoms with Gasteiger partial charge in [-0.05, 0) is 44.2 Å². The van der Waals surface area contributed by atoms with Crippen LogP contribution >= 0.6 is 11.3 Å². The molecule has 1 unspecified atom stereocenters. The van der Waals surface area contributed by atoms with E-state index in [-0.39, 0.29) is 0 Å². The predicted octanol–water partition coefficient (Wildman–Crippen LogP) is 3.20. The largest absolute Gasteiger partial charge is 0.305 e. The number of thiophene rings is 1. The second kappa shape index (κ2) is 5.24. The van der Waals surface area contributed by atoms with E-state index in [0.717, 1.165) is 6.54 Å². The maximum absolute atomic E-state index is 3.96. The zero-order valence-corrected chi connectivity index (χ0v) is 11.5. The molecule has 3 nitrogen and oxygen atoms in total. The molecule has 96 valence electrons. The summed E-state index contributed by atoms with van der Waals surface area (Å²) < 4.78 is 0. The Morgan fingerprint density at radius 1 is 1.44 bits per heavy atom. The molecule has 0 fully saturated rings. The first-order chi connectivity index (χ1) is 8.83. The van der Waals surface area contributed by atoms with Gasteiger partial charge in [-0.25, -0.2) is 0 Å². The number of rotatable bonds is 4. The van der Waals surface area contributed by atoms with Crippen molar-refractivity contribution in [2.24, 2.45) is 0 Å². The quantitative estimate of drug-likeness (QED) is 0.887. The van der Waals surface area contributed by atoms with Crippen molar-refractivity contribution in [3.63, 3.8) is 0 Å². The number of fused-ring (bicyclic) bond motifs is 1. The number of hydrogen-bond donors (Lipinski definition) is 2. The van der Waals surface area contributed by atoms with Crippen LogP contribution in [0, 0.1) is 0 Å². The van der Waals surface area contributed by atoms with Crippen LogP contribution in [0.4, 0.5) is 0 Å². The highest BCUT2D eigenvalue weighted by atomic mass is 32.1. The molecule has 4 heteroatoms. The van der Waals surface area contributed by atoms with E-state index in [1.807, 2.05) is 23.7 Å². The molecular weight excluding hydrogens is 242 g/mol. The average Bonchev–Trinajstić information content (AvgIpc) is 3.04. The highest BCUT2D eigenvalue weighted by Gasteiger charge is 2.16. The first kappa shape index (κ1) is 11.9. The minimum atomic E-state index is 0.426. The standard InChI is InChI=1S/C14H19N3S/c1-10(15-7-11-8-16-17-9-11)14-6-12-4-2-3-5-13(12)18-14/h6,8-10,15H,2-5,7H2,1H3,(H,16,17). The van der Waals surface area contributed by atoms with E-state index in [0.29, 0.717) is 6.04 Å². The van der Waals surface area contributed by atoms with Gasteiger partial charge in [0.2, 0.25) is 0 Å². The Balaban J connectivity index is 1.64. The van der Waals surface area contributed by atoms with Crippen molar-refractivity contribution in [2.75, 3.05) is 0 Å². The summed E-state index contributed by atoms with van der Waals surface area (Å²) in [6, 6.07) is 2.84. The lowest BCUT2D eigenvalue weighted by molar-refractivity contribution is 0.582.